The molecule has 0 radical (unpaired) electrons. The third kappa shape index (κ3) is 4.67. The number of rotatable bonds is 12. The molecular formula is C21H36Cl3CrN6P. The zero-order valence-electron chi connectivity index (χ0n) is 19.3. The van der Waals surface area contributed by atoms with E-state index in [4.69, 9.17) is 30.1 Å². The minimum Gasteiger partial charge on any atom is -0.153 e. The number of unbranched alkanes of at least 4 members (excludes halogenated alkanes) is 3. The minimum absolute atomic E-state index is 0. The van der Waals surface area contributed by atoms with Crippen LogP contribution < -0.4 is 14.1 Å². The summed E-state index contributed by atoms with van der Waals surface area (Å²) in [6.45, 7) is 8.61. The van der Waals surface area contributed by atoms with Gasteiger partial charge in [-0.25, -0.2) is 0 Å². The van der Waals surface area contributed by atoms with E-state index in [0.29, 0.717) is 14.1 Å². The van der Waals surface area contributed by atoms with Crippen LogP contribution in [0.1, 0.15) is 59.3 Å². The Morgan fingerprint density at radius 1 is 0.625 bits per heavy atom. The molecular weight excluding hydrogens is 526 g/mol. The van der Waals surface area contributed by atoms with Gasteiger partial charge in [-0.05, 0) is 0 Å². The fourth-order valence-electron chi connectivity index (χ4n) is 3.78. The average molecular weight is 562 g/mol. The fourth-order valence-corrected chi connectivity index (χ4v) is 13.7. The summed E-state index contributed by atoms with van der Waals surface area (Å²) in [5.74, 6) is 0. The maximum atomic E-state index is 7.75. The van der Waals surface area contributed by atoms with Crippen molar-refractivity contribution in [1.29, 1.82) is 0 Å². The van der Waals surface area contributed by atoms with Gasteiger partial charge in [-0.2, -0.15) is 9.90 Å². The Balaban J connectivity index is 0.00000363. The molecule has 3 heterocycles. The van der Waals surface area contributed by atoms with Crippen molar-refractivity contribution in [2.24, 2.45) is 0 Å². The number of aryl methyl sites for hydroxylation is 3. The first-order valence-corrected chi connectivity index (χ1v) is 18.2. The van der Waals surface area contributed by atoms with E-state index in [-0.39, 0.29) is 9.90 Å². The predicted octanol–water partition coefficient (Wildman–Crippen LogP) is 4.70. The molecule has 0 aliphatic rings. The second kappa shape index (κ2) is 10.4. The first kappa shape index (κ1) is 27.7. The van der Waals surface area contributed by atoms with Crippen LogP contribution >= 0.6 is 40.0 Å². The number of aromatic nitrogens is 6. The summed E-state index contributed by atoms with van der Waals surface area (Å²) in [4.78, 5) is 14.0. The number of hydrogen-bond acceptors (Lipinski definition) is 3. The Kier molecular flexibility index (Phi) is 8.99. The molecule has 3 aromatic rings. The van der Waals surface area contributed by atoms with Gasteiger partial charge >= 0.3 is 197 Å². The van der Waals surface area contributed by atoms with E-state index in [0.717, 1.165) is 58.2 Å². The second-order valence-electron chi connectivity index (χ2n) is 7.95. The smallest absolute Gasteiger partial charge is 0.153 e. The Labute approximate surface area is 206 Å². The molecule has 32 heavy (non-hydrogen) atoms. The Hall–Kier alpha value is -0.538. The van der Waals surface area contributed by atoms with E-state index >= 15 is 0 Å². The Bertz CT molecular complexity index is 895. The third-order valence-electron chi connectivity index (χ3n) is 5.46. The van der Waals surface area contributed by atoms with Crippen molar-refractivity contribution in [2.45, 2.75) is 78.9 Å². The van der Waals surface area contributed by atoms with Crippen molar-refractivity contribution in [3.8, 4) is 0 Å². The van der Waals surface area contributed by atoms with Crippen LogP contribution in [-0.2, 0) is 27.8 Å². The van der Waals surface area contributed by atoms with Gasteiger partial charge in [0.15, 0.2) is 0 Å². The number of hydrogen-bond donors (Lipinski definition) is 0. The molecule has 0 N–H and O–H groups in total. The molecule has 0 aliphatic heterocycles. The van der Waals surface area contributed by atoms with Crippen LogP contribution in [0.25, 0.3) is 0 Å². The molecule has 0 amide bonds. The minimum atomic E-state index is -5.79. The zero-order chi connectivity index (χ0) is 22.6. The van der Waals surface area contributed by atoms with E-state index in [1.165, 1.54) is 0 Å². The predicted molar refractivity (Wildman–Crippen MR) is 139 cm³/mol. The molecule has 0 saturated heterocycles. The van der Waals surface area contributed by atoms with Gasteiger partial charge < -0.3 is 0 Å². The van der Waals surface area contributed by atoms with E-state index < -0.39 is 8.17 Å². The molecule has 6 nitrogen and oxygen atoms in total. The molecule has 1 unspecified atom stereocenters. The molecule has 3 rings (SSSR count). The van der Waals surface area contributed by atoms with E-state index in [1.807, 2.05) is 32.3 Å². The molecule has 0 aliphatic carbocycles. The van der Waals surface area contributed by atoms with Crippen LogP contribution in [-0.4, -0.2) is 28.7 Å². The summed E-state index contributed by atoms with van der Waals surface area (Å²) < 4.78 is 7.34. The number of halogens is 3. The van der Waals surface area contributed by atoms with Gasteiger partial charge in [-0.1, -0.05) is 0 Å². The van der Waals surface area contributed by atoms with Gasteiger partial charge in [0.1, 0.15) is 0 Å². The van der Waals surface area contributed by atoms with E-state index in [1.54, 1.807) is 18.6 Å². The van der Waals surface area contributed by atoms with Gasteiger partial charge in [-0.3, -0.25) is 0 Å². The quantitative estimate of drug-likeness (QED) is 0.301. The summed E-state index contributed by atoms with van der Waals surface area (Å²) in [6, 6.07) is 0. The summed E-state index contributed by atoms with van der Waals surface area (Å²) in [7, 11) is 17.5. The standard InChI is InChI=1S/3C7H11N2.3ClH.Cr.H3P/c3*1-2-3-5-9-6-4-8-7-9;;;;;/h3*4,6H,2-3,5H2,1H3;3*1H;;1H3/q;;;;;;+3;/p-3. The van der Waals surface area contributed by atoms with Crippen LogP contribution in [0, 0.1) is 0 Å². The normalized spacial score (nSPS) is 14.1. The molecule has 3 aromatic heterocycles. The van der Waals surface area contributed by atoms with Crippen molar-refractivity contribution >= 4 is 54.1 Å². The maximum absolute atomic E-state index is 7.75. The first-order chi connectivity index (χ1) is 14.7. The van der Waals surface area contributed by atoms with Crippen LogP contribution in [0.3, 0.4) is 0 Å². The third-order valence-corrected chi connectivity index (χ3v) is 15.8. The van der Waals surface area contributed by atoms with Gasteiger partial charge in [-0.15, -0.1) is 0 Å². The average Bonchev–Trinajstić information content (AvgIpc) is 3.50. The fraction of sp³-hybridized carbons (Fsp3) is 0.571. The van der Waals surface area contributed by atoms with Crippen LogP contribution in [0.4, 0.5) is 0 Å². The summed E-state index contributed by atoms with van der Waals surface area (Å²) in [5, 5.41) is 0. The monoisotopic (exact) mass is 560 g/mol. The van der Waals surface area contributed by atoms with Crippen molar-refractivity contribution in [3.05, 3.63) is 37.2 Å². The molecule has 182 valence electrons. The van der Waals surface area contributed by atoms with Gasteiger partial charge in [0.2, 0.25) is 0 Å². The molecule has 0 fully saturated rings. The van der Waals surface area contributed by atoms with Crippen LogP contribution in [0.15, 0.2) is 37.2 Å². The largest absolute Gasteiger partial charge is 0.153 e. The molecule has 1 atom stereocenters. The maximum Gasteiger partial charge on any atom is -0.153 e. The summed E-state index contributed by atoms with van der Waals surface area (Å²) in [5.41, 5.74) is 0. The van der Waals surface area contributed by atoms with Gasteiger partial charge in [0.25, 0.3) is 0 Å². The summed E-state index contributed by atoms with van der Waals surface area (Å²) in [6.07, 6.45) is 16.8. The van der Waals surface area contributed by atoms with Crippen molar-refractivity contribution in [1.82, 2.24) is 28.7 Å². The SMILES string of the molecule is CCCCn1ccn[c]1[Cr]([Cl])([Cl])([Cl])([c]1nccn1CCCC)[c]1nccn1CCCC.P. The van der Waals surface area contributed by atoms with Gasteiger partial charge in [0, 0.05) is 0 Å². The van der Waals surface area contributed by atoms with Crippen molar-refractivity contribution < 1.29 is 8.17 Å². The first-order valence-electron chi connectivity index (χ1n) is 11.0. The topological polar surface area (TPSA) is 53.5 Å². The molecule has 0 bridgehead atoms. The molecule has 11 heteroatoms. The molecule has 0 spiro atoms. The molecule has 0 saturated carbocycles. The van der Waals surface area contributed by atoms with Gasteiger partial charge in [0.05, 0.1) is 0 Å². The second-order valence-corrected chi connectivity index (χ2v) is 24.8. The van der Waals surface area contributed by atoms with Crippen molar-refractivity contribution in [3.63, 3.8) is 0 Å². The number of imidazole rings is 3. The summed E-state index contributed by atoms with van der Waals surface area (Å²) >= 11 is 0. The van der Waals surface area contributed by atoms with E-state index in [9.17, 15) is 0 Å². The van der Waals surface area contributed by atoms with E-state index in [2.05, 4.69) is 35.7 Å². The molecule has 0 aromatic carbocycles. The van der Waals surface area contributed by atoms with Crippen molar-refractivity contribution in [2.75, 3.05) is 0 Å². The number of nitrogens with zero attached hydrogens (tertiary/aromatic N) is 6. The van der Waals surface area contributed by atoms with Crippen LogP contribution in [0.2, 0.25) is 0 Å². The zero-order valence-corrected chi connectivity index (χ0v) is 24.2. The van der Waals surface area contributed by atoms with Crippen LogP contribution in [0.5, 0.6) is 0 Å². The Morgan fingerprint density at radius 3 is 1.16 bits per heavy atom. The Morgan fingerprint density at radius 2 is 0.906 bits per heavy atom.